The number of carbonyl (C=O) groups excluding carboxylic acids is 1. The van der Waals surface area contributed by atoms with Crippen molar-refractivity contribution in [2.75, 3.05) is 31.6 Å². The normalized spacial score (nSPS) is 15.2. The van der Waals surface area contributed by atoms with E-state index in [1.165, 1.54) is 0 Å². The Balaban J connectivity index is 1.30. The van der Waals surface area contributed by atoms with Gasteiger partial charge in [-0.15, -0.1) is 0 Å². The maximum Gasteiger partial charge on any atom is 0.298 e. The molecule has 4 rings (SSSR count). The lowest BCUT2D eigenvalue weighted by Gasteiger charge is -2.32. The van der Waals surface area contributed by atoms with Crippen LogP contribution in [0.25, 0.3) is 11.1 Å². The van der Waals surface area contributed by atoms with Crippen LogP contribution in [0.15, 0.2) is 53.1 Å². The van der Waals surface area contributed by atoms with Crippen molar-refractivity contribution in [3.8, 4) is 0 Å². The maximum absolute atomic E-state index is 12.8. The first-order valence-corrected chi connectivity index (χ1v) is 9.46. The van der Waals surface area contributed by atoms with Gasteiger partial charge in [0.2, 0.25) is 5.91 Å². The van der Waals surface area contributed by atoms with Gasteiger partial charge >= 0.3 is 0 Å². The van der Waals surface area contributed by atoms with Gasteiger partial charge in [-0.3, -0.25) is 9.78 Å². The zero-order valence-corrected chi connectivity index (χ0v) is 15.5. The third-order valence-electron chi connectivity index (χ3n) is 5.20. The molecular formula is C21H24N4O2. The van der Waals surface area contributed by atoms with Gasteiger partial charge in [-0.05, 0) is 37.1 Å². The van der Waals surface area contributed by atoms with Crippen molar-refractivity contribution in [3.63, 3.8) is 0 Å². The molecule has 1 aliphatic heterocycles. The number of hydrogen-bond acceptors (Lipinski definition) is 5. The van der Waals surface area contributed by atoms with Gasteiger partial charge in [-0.1, -0.05) is 18.2 Å². The highest BCUT2D eigenvalue weighted by Crippen LogP contribution is 2.27. The minimum Gasteiger partial charge on any atom is -0.423 e. The van der Waals surface area contributed by atoms with Crippen LogP contribution in [-0.2, 0) is 11.2 Å². The van der Waals surface area contributed by atoms with Crippen LogP contribution in [0.2, 0.25) is 0 Å². The minimum atomic E-state index is 0.0689. The van der Waals surface area contributed by atoms with E-state index in [9.17, 15) is 4.79 Å². The highest BCUT2D eigenvalue weighted by molar-refractivity contribution is 5.79. The molecule has 6 heteroatoms. The zero-order chi connectivity index (χ0) is 18.6. The second-order valence-electron chi connectivity index (χ2n) is 7.06. The molecule has 0 unspecified atom stereocenters. The molecule has 3 aromatic rings. The topological polar surface area (TPSA) is 62.5 Å². The van der Waals surface area contributed by atoms with Gasteiger partial charge in [0, 0.05) is 50.9 Å². The quantitative estimate of drug-likeness (QED) is 0.696. The number of para-hydroxylation sites is 2. The van der Waals surface area contributed by atoms with E-state index >= 15 is 0 Å². The van der Waals surface area contributed by atoms with E-state index in [0.29, 0.717) is 12.6 Å². The molecule has 0 spiro atoms. The van der Waals surface area contributed by atoms with E-state index < -0.39 is 0 Å². The van der Waals surface area contributed by atoms with Gasteiger partial charge in [0.15, 0.2) is 5.58 Å². The molecule has 0 bridgehead atoms. The minimum absolute atomic E-state index is 0.0689. The molecule has 1 aliphatic rings. The fourth-order valence-electron chi connectivity index (χ4n) is 3.56. The Kier molecular flexibility index (Phi) is 5.05. The Morgan fingerprint density at radius 2 is 1.96 bits per heavy atom. The molecule has 1 amide bonds. The van der Waals surface area contributed by atoms with Crippen LogP contribution in [-0.4, -0.2) is 47.5 Å². The lowest BCUT2D eigenvalue weighted by Crippen LogP contribution is -2.42. The molecule has 0 atom stereocenters. The number of aromatic nitrogens is 2. The molecule has 0 saturated carbocycles. The SMILES string of the molecule is CN(CCc1ccccn1)C(=O)C1CCN(c2nc3ccccc3o2)CC1. The molecule has 1 fully saturated rings. The number of nitrogens with zero attached hydrogens (tertiary/aromatic N) is 4. The number of oxazole rings is 1. The first-order valence-electron chi connectivity index (χ1n) is 9.46. The summed E-state index contributed by atoms with van der Waals surface area (Å²) in [4.78, 5) is 25.6. The second kappa shape index (κ2) is 7.78. The van der Waals surface area contributed by atoms with Crippen molar-refractivity contribution in [1.82, 2.24) is 14.9 Å². The predicted octanol–water partition coefficient (Wildman–Crippen LogP) is 3.14. The van der Waals surface area contributed by atoms with E-state index in [4.69, 9.17) is 4.42 Å². The second-order valence-corrected chi connectivity index (χ2v) is 7.06. The van der Waals surface area contributed by atoms with Gasteiger partial charge in [-0.2, -0.15) is 4.98 Å². The third kappa shape index (κ3) is 3.94. The molecule has 140 valence electrons. The number of piperidine rings is 1. The van der Waals surface area contributed by atoms with Crippen molar-refractivity contribution < 1.29 is 9.21 Å². The van der Waals surface area contributed by atoms with Crippen LogP contribution in [0, 0.1) is 5.92 Å². The number of benzene rings is 1. The van der Waals surface area contributed by atoms with Crippen LogP contribution < -0.4 is 4.90 Å². The number of amides is 1. The number of fused-ring (bicyclic) bond motifs is 1. The van der Waals surface area contributed by atoms with Crippen molar-refractivity contribution in [1.29, 1.82) is 0 Å². The van der Waals surface area contributed by atoms with Crippen molar-refractivity contribution in [2.45, 2.75) is 19.3 Å². The average molecular weight is 364 g/mol. The highest BCUT2D eigenvalue weighted by Gasteiger charge is 2.28. The van der Waals surface area contributed by atoms with E-state index in [0.717, 1.165) is 49.1 Å². The lowest BCUT2D eigenvalue weighted by molar-refractivity contribution is -0.134. The van der Waals surface area contributed by atoms with Gasteiger partial charge in [-0.25, -0.2) is 0 Å². The van der Waals surface area contributed by atoms with E-state index in [-0.39, 0.29) is 11.8 Å². The summed E-state index contributed by atoms with van der Waals surface area (Å²) in [6.07, 6.45) is 4.22. The van der Waals surface area contributed by atoms with Crippen molar-refractivity contribution in [3.05, 3.63) is 54.4 Å². The zero-order valence-electron chi connectivity index (χ0n) is 15.5. The van der Waals surface area contributed by atoms with Crippen LogP contribution in [0.5, 0.6) is 0 Å². The number of rotatable bonds is 5. The number of likely N-dealkylation sites (N-methyl/N-ethyl adjacent to an activating group) is 1. The van der Waals surface area contributed by atoms with Gasteiger partial charge in [0.25, 0.3) is 6.01 Å². The molecular weight excluding hydrogens is 340 g/mol. The van der Waals surface area contributed by atoms with Crippen LogP contribution in [0.4, 0.5) is 6.01 Å². The Morgan fingerprint density at radius 3 is 2.70 bits per heavy atom. The molecule has 3 heterocycles. The molecule has 1 aromatic carbocycles. The standard InChI is InChI=1S/C21H24N4O2/c1-24(13-11-17-6-4-5-12-22-17)20(26)16-9-14-25(15-10-16)21-23-18-7-2-3-8-19(18)27-21/h2-8,12,16H,9-11,13-15H2,1H3. The number of carbonyl (C=O) groups is 1. The van der Waals surface area contributed by atoms with E-state index in [1.807, 2.05) is 54.4 Å². The molecule has 0 radical (unpaired) electrons. The van der Waals surface area contributed by atoms with E-state index in [1.54, 1.807) is 6.20 Å². The summed E-state index contributed by atoms with van der Waals surface area (Å²) < 4.78 is 5.85. The first kappa shape index (κ1) is 17.5. The highest BCUT2D eigenvalue weighted by atomic mass is 16.4. The average Bonchev–Trinajstić information content (AvgIpc) is 3.16. The van der Waals surface area contributed by atoms with Crippen LogP contribution in [0.3, 0.4) is 0 Å². The van der Waals surface area contributed by atoms with Gasteiger partial charge in [0.05, 0.1) is 0 Å². The Labute approximate surface area is 158 Å². The summed E-state index contributed by atoms with van der Waals surface area (Å²) in [5.41, 5.74) is 2.70. The molecule has 2 aromatic heterocycles. The summed E-state index contributed by atoms with van der Waals surface area (Å²) in [5, 5.41) is 0. The molecule has 6 nitrogen and oxygen atoms in total. The monoisotopic (exact) mass is 364 g/mol. The summed E-state index contributed by atoms with van der Waals surface area (Å²) in [5.74, 6) is 0.294. The number of pyridine rings is 1. The number of hydrogen-bond donors (Lipinski definition) is 0. The van der Waals surface area contributed by atoms with Crippen LogP contribution in [0.1, 0.15) is 18.5 Å². The van der Waals surface area contributed by atoms with Crippen LogP contribution >= 0.6 is 0 Å². The lowest BCUT2D eigenvalue weighted by atomic mass is 9.95. The molecule has 0 aliphatic carbocycles. The molecule has 1 saturated heterocycles. The summed E-state index contributed by atoms with van der Waals surface area (Å²) >= 11 is 0. The van der Waals surface area contributed by atoms with Gasteiger partial charge < -0.3 is 14.2 Å². The fraction of sp³-hybridized carbons (Fsp3) is 0.381. The Morgan fingerprint density at radius 1 is 1.19 bits per heavy atom. The third-order valence-corrected chi connectivity index (χ3v) is 5.20. The summed E-state index contributed by atoms with van der Waals surface area (Å²) in [7, 11) is 1.89. The first-order chi connectivity index (χ1) is 13.2. The van der Waals surface area contributed by atoms with Crippen molar-refractivity contribution in [2.24, 2.45) is 5.92 Å². The Hall–Kier alpha value is -2.89. The Bertz CT molecular complexity index is 868. The fourth-order valence-corrected chi connectivity index (χ4v) is 3.56. The summed E-state index contributed by atoms with van der Waals surface area (Å²) in [6.45, 7) is 2.27. The molecule has 0 N–H and O–H groups in total. The largest absolute Gasteiger partial charge is 0.423 e. The number of anilines is 1. The maximum atomic E-state index is 12.8. The van der Waals surface area contributed by atoms with Gasteiger partial charge in [0.1, 0.15) is 5.52 Å². The smallest absolute Gasteiger partial charge is 0.298 e. The summed E-state index contributed by atoms with van der Waals surface area (Å²) in [6, 6.07) is 14.3. The van der Waals surface area contributed by atoms with E-state index in [2.05, 4.69) is 14.9 Å². The van der Waals surface area contributed by atoms with Crippen molar-refractivity contribution >= 4 is 23.0 Å². The molecule has 27 heavy (non-hydrogen) atoms. The predicted molar refractivity (Wildman–Crippen MR) is 105 cm³/mol.